The first-order chi connectivity index (χ1) is 13.9. The molecule has 1 aliphatic heterocycles. The fraction of sp³-hybridized carbons (Fsp3) is 0.200. The van der Waals surface area contributed by atoms with E-state index < -0.39 is 4.92 Å². The van der Waals surface area contributed by atoms with Crippen LogP contribution in [0.25, 0.3) is 16.3 Å². The Morgan fingerprint density at radius 2 is 2.03 bits per heavy atom. The summed E-state index contributed by atoms with van der Waals surface area (Å²) in [6.45, 7) is 1.91. The summed E-state index contributed by atoms with van der Waals surface area (Å²) < 4.78 is 11.5. The van der Waals surface area contributed by atoms with Gasteiger partial charge < -0.3 is 14.4 Å². The van der Waals surface area contributed by atoms with Gasteiger partial charge in [0.15, 0.2) is 11.5 Å². The predicted octanol–water partition coefficient (Wildman–Crippen LogP) is 4.17. The van der Waals surface area contributed by atoms with Gasteiger partial charge in [0.2, 0.25) is 12.7 Å². The van der Waals surface area contributed by atoms with Crippen LogP contribution in [-0.4, -0.2) is 34.6 Å². The molecular formula is C20H17N3O5S. The summed E-state index contributed by atoms with van der Waals surface area (Å²) in [5.41, 5.74) is 1.01. The highest BCUT2D eigenvalue weighted by Gasteiger charge is 2.23. The Morgan fingerprint density at radius 1 is 1.31 bits per heavy atom. The number of fused-ring (bicyclic) bond motifs is 2. The molecular weight excluding hydrogens is 394 g/mol. The number of nitro groups is 1. The van der Waals surface area contributed by atoms with Gasteiger partial charge in [-0.3, -0.25) is 14.9 Å². The summed E-state index contributed by atoms with van der Waals surface area (Å²) in [5, 5.41) is 12.2. The van der Waals surface area contributed by atoms with Gasteiger partial charge in [0.05, 0.1) is 32.8 Å². The first-order valence-electron chi connectivity index (χ1n) is 8.82. The molecule has 2 aromatic carbocycles. The molecule has 1 amide bonds. The second kappa shape index (κ2) is 7.51. The zero-order valence-electron chi connectivity index (χ0n) is 15.7. The van der Waals surface area contributed by atoms with Crippen LogP contribution in [0.3, 0.4) is 0 Å². The lowest BCUT2D eigenvalue weighted by molar-refractivity contribution is -0.385. The molecule has 0 N–H and O–H groups in total. The van der Waals surface area contributed by atoms with E-state index in [1.165, 1.54) is 35.6 Å². The van der Waals surface area contributed by atoms with Crippen LogP contribution in [0.4, 0.5) is 5.69 Å². The van der Waals surface area contributed by atoms with Crippen LogP contribution in [-0.2, 0) is 4.79 Å². The highest BCUT2D eigenvalue weighted by Crippen LogP contribution is 2.38. The Bertz CT molecular complexity index is 1110. The fourth-order valence-corrected chi connectivity index (χ4v) is 4.01. The van der Waals surface area contributed by atoms with Crippen LogP contribution >= 0.6 is 11.3 Å². The van der Waals surface area contributed by atoms with Gasteiger partial charge in [-0.1, -0.05) is 12.1 Å². The Balaban J connectivity index is 1.55. The summed E-state index contributed by atoms with van der Waals surface area (Å²) in [7, 11) is 1.68. The zero-order chi connectivity index (χ0) is 20.5. The topological polar surface area (TPSA) is 94.8 Å². The van der Waals surface area contributed by atoms with Crippen LogP contribution in [0.15, 0.2) is 42.5 Å². The van der Waals surface area contributed by atoms with E-state index >= 15 is 0 Å². The number of para-hydroxylation sites is 1. The van der Waals surface area contributed by atoms with E-state index in [1.54, 1.807) is 11.9 Å². The number of nitro benzene ring substituents is 1. The van der Waals surface area contributed by atoms with E-state index in [0.717, 1.165) is 15.2 Å². The minimum Gasteiger partial charge on any atom is -0.454 e. The smallest absolute Gasteiger partial charge is 0.280 e. The average Bonchev–Trinajstić information content (AvgIpc) is 3.36. The monoisotopic (exact) mass is 411 g/mol. The van der Waals surface area contributed by atoms with Crippen molar-refractivity contribution in [1.29, 1.82) is 0 Å². The summed E-state index contributed by atoms with van der Waals surface area (Å²) >= 11 is 1.54. The van der Waals surface area contributed by atoms with Crippen molar-refractivity contribution in [2.45, 2.75) is 13.0 Å². The molecule has 2 heterocycles. The van der Waals surface area contributed by atoms with Gasteiger partial charge >= 0.3 is 0 Å². The minimum absolute atomic E-state index is 0.0149. The van der Waals surface area contributed by atoms with E-state index in [9.17, 15) is 14.9 Å². The molecule has 0 aliphatic carbocycles. The van der Waals surface area contributed by atoms with Crippen molar-refractivity contribution in [2.75, 3.05) is 13.8 Å². The van der Waals surface area contributed by atoms with Gasteiger partial charge in [-0.25, -0.2) is 4.98 Å². The standard InChI is InChI=1S/C20H17N3O5S/c1-12(20-21-14-5-3-4-6-18(14)29-20)22(2)19(24)8-7-13-9-16-17(28-11-27-16)10-15(13)23(25)26/h3-10,12H,11H2,1-2H3. The summed E-state index contributed by atoms with van der Waals surface area (Å²) in [5.74, 6) is 0.448. The van der Waals surface area contributed by atoms with Gasteiger partial charge in [0.1, 0.15) is 5.01 Å². The molecule has 0 fully saturated rings. The Kier molecular flexibility index (Phi) is 4.89. The predicted molar refractivity (Wildman–Crippen MR) is 109 cm³/mol. The second-order valence-electron chi connectivity index (χ2n) is 6.50. The minimum atomic E-state index is -0.514. The number of rotatable bonds is 5. The van der Waals surface area contributed by atoms with E-state index in [-0.39, 0.29) is 30.0 Å². The molecule has 0 bridgehead atoms. The second-order valence-corrected chi connectivity index (χ2v) is 7.56. The number of amides is 1. The largest absolute Gasteiger partial charge is 0.454 e. The number of thiazole rings is 1. The van der Waals surface area contributed by atoms with Gasteiger partial charge in [-0.15, -0.1) is 11.3 Å². The van der Waals surface area contributed by atoms with Crippen LogP contribution < -0.4 is 9.47 Å². The fourth-order valence-electron chi connectivity index (χ4n) is 2.94. The normalized spacial score (nSPS) is 13.7. The maximum atomic E-state index is 12.7. The molecule has 1 unspecified atom stereocenters. The SMILES string of the molecule is CC(c1nc2ccccc2s1)N(C)C(=O)C=Cc1cc2c(cc1[N+](=O)[O-])OCO2. The average molecular weight is 411 g/mol. The van der Waals surface area contributed by atoms with Crippen LogP contribution in [0.1, 0.15) is 23.5 Å². The summed E-state index contributed by atoms with van der Waals surface area (Å²) in [4.78, 5) is 29.6. The lowest BCUT2D eigenvalue weighted by Gasteiger charge is -2.21. The third kappa shape index (κ3) is 3.64. The van der Waals surface area contributed by atoms with Crippen LogP contribution in [0.5, 0.6) is 11.5 Å². The van der Waals surface area contributed by atoms with Crippen LogP contribution in [0, 0.1) is 10.1 Å². The molecule has 1 aliphatic rings. The quantitative estimate of drug-likeness (QED) is 0.355. The molecule has 1 atom stereocenters. The van der Waals surface area contributed by atoms with Crippen LogP contribution in [0.2, 0.25) is 0 Å². The maximum Gasteiger partial charge on any atom is 0.280 e. The number of carbonyl (C=O) groups excluding carboxylic acids is 1. The first-order valence-corrected chi connectivity index (χ1v) is 9.64. The van der Waals surface area contributed by atoms with Crippen molar-refractivity contribution in [3.05, 3.63) is 63.2 Å². The van der Waals surface area contributed by atoms with Crippen molar-refractivity contribution in [1.82, 2.24) is 9.88 Å². The lowest BCUT2D eigenvalue weighted by Crippen LogP contribution is -2.27. The molecule has 4 rings (SSSR count). The molecule has 0 saturated heterocycles. The maximum absolute atomic E-state index is 12.7. The number of hydrogen-bond acceptors (Lipinski definition) is 7. The Hall–Kier alpha value is -3.46. The molecule has 8 nitrogen and oxygen atoms in total. The van der Waals surface area contributed by atoms with Crippen molar-refractivity contribution in [3.8, 4) is 11.5 Å². The number of aromatic nitrogens is 1. The first kappa shape index (κ1) is 18.9. The van der Waals surface area contributed by atoms with Gasteiger partial charge in [0, 0.05) is 13.1 Å². The third-order valence-corrected chi connectivity index (χ3v) is 5.93. The van der Waals surface area contributed by atoms with Gasteiger partial charge in [-0.2, -0.15) is 0 Å². The zero-order valence-corrected chi connectivity index (χ0v) is 16.5. The Labute approximate surface area is 170 Å². The van der Waals surface area contributed by atoms with Gasteiger partial charge in [-0.05, 0) is 31.2 Å². The lowest BCUT2D eigenvalue weighted by atomic mass is 10.1. The highest BCUT2D eigenvalue weighted by molar-refractivity contribution is 7.18. The van der Waals surface area contributed by atoms with Crippen molar-refractivity contribution >= 4 is 39.2 Å². The summed E-state index contributed by atoms with van der Waals surface area (Å²) in [6.07, 6.45) is 2.73. The number of carbonyl (C=O) groups is 1. The molecule has 1 aromatic heterocycles. The van der Waals surface area contributed by atoms with E-state index in [4.69, 9.17) is 9.47 Å². The molecule has 148 valence electrons. The third-order valence-electron chi connectivity index (χ3n) is 4.72. The molecule has 0 radical (unpaired) electrons. The molecule has 29 heavy (non-hydrogen) atoms. The molecule has 9 heteroatoms. The van der Waals surface area contributed by atoms with Crippen molar-refractivity contribution < 1.29 is 19.2 Å². The Morgan fingerprint density at radius 3 is 2.76 bits per heavy atom. The number of nitrogens with zero attached hydrogens (tertiary/aromatic N) is 3. The molecule has 0 spiro atoms. The van der Waals surface area contributed by atoms with E-state index in [1.807, 2.05) is 31.2 Å². The van der Waals surface area contributed by atoms with Crippen molar-refractivity contribution in [2.24, 2.45) is 0 Å². The number of hydrogen-bond donors (Lipinski definition) is 0. The number of benzene rings is 2. The summed E-state index contributed by atoms with van der Waals surface area (Å²) in [6, 6.07) is 10.4. The van der Waals surface area contributed by atoms with E-state index in [2.05, 4.69) is 4.98 Å². The van der Waals surface area contributed by atoms with E-state index in [0.29, 0.717) is 11.5 Å². The highest BCUT2D eigenvalue weighted by atomic mass is 32.1. The molecule has 3 aromatic rings. The van der Waals surface area contributed by atoms with Crippen molar-refractivity contribution in [3.63, 3.8) is 0 Å². The number of likely N-dealkylation sites (N-methyl/N-ethyl adjacent to an activating group) is 1. The van der Waals surface area contributed by atoms with Gasteiger partial charge in [0.25, 0.3) is 5.69 Å². The number of ether oxygens (including phenoxy) is 2. The molecule has 0 saturated carbocycles.